The van der Waals surface area contributed by atoms with Gasteiger partial charge < -0.3 is 28.8 Å². The van der Waals surface area contributed by atoms with Gasteiger partial charge in [-0.2, -0.15) is 0 Å². The van der Waals surface area contributed by atoms with Crippen LogP contribution in [0.25, 0.3) is 0 Å². The van der Waals surface area contributed by atoms with E-state index in [-0.39, 0.29) is 13.2 Å². The molecule has 0 aliphatic carbocycles. The quantitative estimate of drug-likeness (QED) is 0.376. The zero-order chi connectivity index (χ0) is 18.3. The van der Waals surface area contributed by atoms with Gasteiger partial charge in [-0.3, -0.25) is 14.4 Å². The standard InChI is InChI=1S/C15H22O9/c1-5-6-20-14-13(23-10(4)18)12(22-9(3)17)11(24-15(14)19)7-21-8(2)16/h5,11-15,19H,1,6-7H2,2-4H3/t11-,12+,13+,14-,15+/m1/s1. The molecule has 24 heavy (non-hydrogen) atoms. The zero-order valence-electron chi connectivity index (χ0n) is 13.8. The van der Waals surface area contributed by atoms with Crippen LogP contribution in [-0.2, 0) is 38.1 Å². The van der Waals surface area contributed by atoms with E-state index in [2.05, 4.69) is 6.58 Å². The fourth-order valence-electron chi connectivity index (χ4n) is 2.24. The van der Waals surface area contributed by atoms with Gasteiger partial charge in [-0.05, 0) is 0 Å². The van der Waals surface area contributed by atoms with E-state index in [1.54, 1.807) is 0 Å². The monoisotopic (exact) mass is 346 g/mol. The Morgan fingerprint density at radius 2 is 1.62 bits per heavy atom. The van der Waals surface area contributed by atoms with E-state index >= 15 is 0 Å². The first kappa shape index (κ1) is 20.1. The van der Waals surface area contributed by atoms with Gasteiger partial charge in [-0.15, -0.1) is 6.58 Å². The summed E-state index contributed by atoms with van der Waals surface area (Å²) in [5.74, 6) is -1.90. The molecule has 0 radical (unpaired) electrons. The minimum Gasteiger partial charge on any atom is -0.463 e. The highest BCUT2D eigenvalue weighted by Gasteiger charge is 2.50. The van der Waals surface area contributed by atoms with Crippen molar-refractivity contribution in [3.63, 3.8) is 0 Å². The van der Waals surface area contributed by atoms with Crippen LogP contribution in [0.15, 0.2) is 12.7 Å². The lowest BCUT2D eigenvalue weighted by Crippen LogP contribution is -2.62. The number of carbonyl (C=O) groups is 3. The van der Waals surface area contributed by atoms with Crippen molar-refractivity contribution < 1.29 is 43.2 Å². The zero-order valence-corrected chi connectivity index (χ0v) is 13.8. The van der Waals surface area contributed by atoms with Crippen molar-refractivity contribution in [1.82, 2.24) is 0 Å². The van der Waals surface area contributed by atoms with Crippen molar-refractivity contribution in [1.29, 1.82) is 0 Å². The van der Waals surface area contributed by atoms with Gasteiger partial charge in [0, 0.05) is 20.8 Å². The molecule has 0 unspecified atom stereocenters. The second kappa shape index (κ2) is 9.36. The summed E-state index contributed by atoms with van der Waals surface area (Å²) in [5, 5.41) is 10.1. The van der Waals surface area contributed by atoms with Gasteiger partial charge in [0.05, 0.1) is 6.61 Å². The van der Waals surface area contributed by atoms with Crippen LogP contribution < -0.4 is 0 Å². The summed E-state index contributed by atoms with van der Waals surface area (Å²) in [4.78, 5) is 33.8. The van der Waals surface area contributed by atoms with E-state index in [1.165, 1.54) is 19.9 Å². The summed E-state index contributed by atoms with van der Waals surface area (Å²) >= 11 is 0. The Bertz CT molecular complexity index is 476. The molecule has 1 heterocycles. The molecule has 0 saturated carbocycles. The minimum absolute atomic E-state index is 0.0459. The molecule has 9 heteroatoms. The third-order valence-corrected chi connectivity index (χ3v) is 3.07. The van der Waals surface area contributed by atoms with E-state index in [4.69, 9.17) is 23.7 Å². The highest BCUT2D eigenvalue weighted by atomic mass is 16.7. The molecule has 0 amide bonds. The molecule has 136 valence electrons. The molecule has 0 spiro atoms. The molecule has 1 N–H and O–H groups in total. The number of ether oxygens (including phenoxy) is 5. The second-order valence-electron chi connectivity index (χ2n) is 5.10. The maximum atomic E-state index is 11.4. The first-order valence-electron chi connectivity index (χ1n) is 7.30. The number of aliphatic hydroxyl groups is 1. The Morgan fingerprint density at radius 1 is 1.04 bits per heavy atom. The molecule has 0 aromatic rings. The Balaban J connectivity index is 3.06. The highest BCUT2D eigenvalue weighted by molar-refractivity contribution is 5.67. The normalized spacial score (nSPS) is 29.4. The number of aliphatic hydroxyl groups excluding tert-OH is 1. The van der Waals surface area contributed by atoms with Gasteiger partial charge in [0.1, 0.15) is 18.8 Å². The smallest absolute Gasteiger partial charge is 0.303 e. The minimum atomic E-state index is -1.48. The van der Waals surface area contributed by atoms with Crippen LogP contribution in [0.4, 0.5) is 0 Å². The van der Waals surface area contributed by atoms with Crippen LogP contribution in [0.3, 0.4) is 0 Å². The van der Waals surface area contributed by atoms with E-state index in [0.29, 0.717) is 0 Å². The second-order valence-corrected chi connectivity index (χ2v) is 5.10. The predicted molar refractivity (Wildman–Crippen MR) is 78.6 cm³/mol. The van der Waals surface area contributed by atoms with Crippen LogP contribution in [-0.4, -0.2) is 66.9 Å². The fraction of sp³-hybridized carbons (Fsp3) is 0.667. The summed E-state index contributed by atoms with van der Waals surface area (Å²) in [6, 6.07) is 0. The summed E-state index contributed by atoms with van der Waals surface area (Å²) in [6.45, 7) is 6.76. The summed E-state index contributed by atoms with van der Waals surface area (Å²) < 4.78 is 25.9. The van der Waals surface area contributed by atoms with Crippen molar-refractivity contribution in [3.8, 4) is 0 Å². The van der Waals surface area contributed by atoms with Crippen molar-refractivity contribution in [2.75, 3.05) is 13.2 Å². The Morgan fingerprint density at radius 3 is 2.12 bits per heavy atom. The molecule has 1 rings (SSSR count). The molecule has 1 aliphatic heterocycles. The van der Waals surface area contributed by atoms with Crippen LogP contribution in [0.5, 0.6) is 0 Å². The summed E-state index contributed by atoms with van der Waals surface area (Å²) in [5.41, 5.74) is 0. The highest BCUT2D eigenvalue weighted by Crippen LogP contribution is 2.28. The third-order valence-electron chi connectivity index (χ3n) is 3.07. The van der Waals surface area contributed by atoms with E-state index in [0.717, 1.165) is 6.92 Å². The van der Waals surface area contributed by atoms with Crippen molar-refractivity contribution in [2.45, 2.75) is 51.5 Å². The molecule has 0 aromatic heterocycles. The van der Waals surface area contributed by atoms with Crippen LogP contribution >= 0.6 is 0 Å². The lowest BCUT2D eigenvalue weighted by atomic mass is 9.98. The maximum Gasteiger partial charge on any atom is 0.303 e. The number of esters is 3. The first-order valence-corrected chi connectivity index (χ1v) is 7.30. The molecular weight excluding hydrogens is 324 g/mol. The predicted octanol–water partition coefficient (Wildman–Crippen LogP) is -0.299. The van der Waals surface area contributed by atoms with Gasteiger partial charge in [0.2, 0.25) is 0 Å². The topological polar surface area (TPSA) is 118 Å². The van der Waals surface area contributed by atoms with Crippen molar-refractivity contribution >= 4 is 17.9 Å². The molecule has 5 atom stereocenters. The van der Waals surface area contributed by atoms with Gasteiger partial charge in [-0.25, -0.2) is 0 Å². The third kappa shape index (κ3) is 5.91. The lowest BCUT2D eigenvalue weighted by Gasteiger charge is -2.42. The number of rotatable bonds is 7. The number of hydrogen-bond donors (Lipinski definition) is 1. The summed E-state index contributed by atoms with van der Waals surface area (Å²) in [6.07, 6.45) is -4.45. The molecule has 9 nitrogen and oxygen atoms in total. The Labute approximate surface area is 139 Å². The van der Waals surface area contributed by atoms with Gasteiger partial charge in [0.15, 0.2) is 18.5 Å². The fourth-order valence-corrected chi connectivity index (χ4v) is 2.24. The number of carbonyl (C=O) groups excluding carboxylic acids is 3. The molecular formula is C15H22O9. The Kier molecular flexibility index (Phi) is 7.83. The van der Waals surface area contributed by atoms with E-state index in [1.807, 2.05) is 0 Å². The number of hydrogen-bond acceptors (Lipinski definition) is 9. The van der Waals surface area contributed by atoms with Gasteiger partial charge in [-0.1, -0.05) is 6.08 Å². The average Bonchev–Trinajstić information content (AvgIpc) is 2.46. The van der Waals surface area contributed by atoms with E-state index < -0.39 is 48.6 Å². The largest absolute Gasteiger partial charge is 0.463 e. The Hall–Kier alpha value is -1.97. The SMILES string of the molecule is C=CCO[C@@H]1[C@@H](OC(C)=O)[C@@H](OC(C)=O)[C@@H](COC(C)=O)O[C@@H]1O. The van der Waals surface area contributed by atoms with Crippen molar-refractivity contribution in [3.05, 3.63) is 12.7 Å². The summed E-state index contributed by atoms with van der Waals surface area (Å²) in [7, 11) is 0. The van der Waals surface area contributed by atoms with E-state index in [9.17, 15) is 19.5 Å². The molecule has 0 bridgehead atoms. The molecule has 1 saturated heterocycles. The maximum absolute atomic E-state index is 11.4. The van der Waals surface area contributed by atoms with Crippen LogP contribution in [0, 0.1) is 0 Å². The van der Waals surface area contributed by atoms with Crippen LogP contribution in [0.2, 0.25) is 0 Å². The molecule has 0 aromatic carbocycles. The lowest BCUT2D eigenvalue weighted by molar-refractivity contribution is -0.300. The molecule has 1 aliphatic rings. The van der Waals surface area contributed by atoms with Gasteiger partial charge in [0.25, 0.3) is 0 Å². The van der Waals surface area contributed by atoms with Crippen molar-refractivity contribution in [2.24, 2.45) is 0 Å². The first-order chi connectivity index (χ1) is 11.3. The van der Waals surface area contributed by atoms with Crippen LogP contribution in [0.1, 0.15) is 20.8 Å². The average molecular weight is 346 g/mol. The molecule has 1 fully saturated rings. The van der Waals surface area contributed by atoms with Gasteiger partial charge >= 0.3 is 17.9 Å².